The molecule has 1 aliphatic rings. The van der Waals surface area contributed by atoms with Crippen LogP contribution in [-0.4, -0.2) is 0 Å². The third-order valence-corrected chi connectivity index (χ3v) is 2.59. The molecular formula is C11H14N2. The van der Waals surface area contributed by atoms with Crippen LogP contribution in [-0.2, 0) is 0 Å². The van der Waals surface area contributed by atoms with Crippen molar-refractivity contribution in [2.24, 2.45) is 5.84 Å². The van der Waals surface area contributed by atoms with E-state index in [4.69, 9.17) is 5.84 Å². The van der Waals surface area contributed by atoms with Crippen molar-refractivity contribution in [3.63, 3.8) is 0 Å². The van der Waals surface area contributed by atoms with Crippen LogP contribution in [0.3, 0.4) is 0 Å². The maximum absolute atomic E-state index is 5.52. The van der Waals surface area contributed by atoms with E-state index in [0.29, 0.717) is 0 Å². The molecule has 2 nitrogen and oxygen atoms in total. The molecule has 0 aromatic heterocycles. The fourth-order valence-corrected chi connectivity index (χ4v) is 1.89. The number of rotatable bonds is 2. The van der Waals surface area contributed by atoms with Crippen LogP contribution >= 0.6 is 0 Å². The smallest absolute Gasteiger partial charge is 0.0678 e. The first-order valence-electron chi connectivity index (χ1n) is 4.62. The fourth-order valence-electron chi connectivity index (χ4n) is 1.89. The first kappa shape index (κ1) is 8.48. The van der Waals surface area contributed by atoms with Crippen molar-refractivity contribution in [3.8, 4) is 0 Å². The number of hydrazine groups is 1. The lowest BCUT2D eigenvalue weighted by Crippen LogP contribution is -2.27. The van der Waals surface area contributed by atoms with E-state index < -0.39 is 0 Å². The van der Waals surface area contributed by atoms with Gasteiger partial charge >= 0.3 is 0 Å². The van der Waals surface area contributed by atoms with Gasteiger partial charge in [0.15, 0.2) is 0 Å². The maximum Gasteiger partial charge on any atom is 0.0678 e. The van der Waals surface area contributed by atoms with Crippen LogP contribution < -0.4 is 11.3 Å². The summed E-state index contributed by atoms with van der Waals surface area (Å²) in [6.45, 7) is 2.15. The summed E-state index contributed by atoms with van der Waals surface area (Å²) in [6.07, 6.45) is 3.27. The molecule has 1 aromatic carbocycles. The van der Waals surface area contributed by atoms with Gasteiger partial charge in [-0.1, -0.05) is 37.3 Å². The van der Waals surface area contributed by atoms with Crippen molar-refractivity contribution in [3.05, 3.63) is 41.0 Å². The fraction of sp³-hybridized carbons (Fsp3) is 0.273. The van der Waals surface area contributed by atoms with Crippen LogP contribution in [0.25, 0.3) is 6.08 Å². The highest BCUT2D eigenvalue weighted by molar-refractivity contribution is 5.65. The van der Waals surface area contributed by atoms with Crippen LogP contribution in [0.5, 0.6) is 0 Å². The summed E-state index contributed by atoms with van der Waals surface area (Å²) in [4.78, 5) is 0. The summed E-state index contributed by atoms with van der Waals surface area (Å²) in [5, 5.41) is 0. The quantitative estimate of drug-likeness (QED) is 0.531. The van der Waals surface area contributed by atoms with Crippen LogP contribution in [0.2, 0.25) is 0 Å². The topological polar surface area (TPSA) is 38.0 Å². The first-order valence-corrected chi connectivity index (χ1v) is 4.62. The lowest BCUT2D eigenvalue weighted by molar-refractivity contribution is 0.621. The first-order chi connectivity index (χ1) is 6.36. The lowest BCUT2D eigenvalue weighted by atomic mass is 10.0. The van der Waals surface area contributed by atoms with Crippen molar-refractivity contribution >= 4 is 6.08 Å². The molecule has 0 saturated carbocycles. The van der Waals surface area contributed by atoms with Crippen LogP contribution in [0, 0.1) is 0 Å². The summed E-state index contributed by atoms with van der Waals surface area (Å²) in [5.41, 5.74) is 6.80. The van der Waals surface area contributed by atoms with E-state index in [1.54, 1.807) is 0 Å². The Bertz CT molecular complexity index is 342. The molecule has 0 heterocycles. The predicted molar refractivity (Wildman–Crippen MR) is 54.8 cm³/mol. The normalized spacial score (nSPS) is 19.8. The number of hydrogen-bond donors (Lipinski definition) is 2. The summed E-state index contributed by atoms with van der Waals surface area (Å²) < 4.78 is 0. The Hall–Kier alpha value is -1.12. The van der Waals surface area contributed by atoms with Gasteiger partial charge in [-0.15, -0.1) is 0 Å². The maximum atomic E-state index is 5.52. The second-order valence-corrected chi connectivity index (χ2v) is 3.30. The minimum absolute atomic E-state index is 0.223. The van der Waals surface area contributed by atoms with Gasteiger partial charge in [0.2, 0.25) is 0 Å². The Morgan fingerprint density at radius 1 is 1.38 bits per heavy atom. The van der Waals surface area contributed by atoms with E-state index in [1.807, 2.05) is 0 Å². The number of fused-ring (bicyclic) bond motifs is 1. The summed E-state index contributed by atoms with van der Waals surface area (Å²) >= 11 is 0. The summed E-state index contributed by atoms with van der Waals surface area (Å²) in [7, 11) is 0. The van der Waals surface area contributed by atoms with Crippen LogP contribution in [0.1, 0.15) is 30.5 Å². The molecule has 0 amide bonds. The van der Waals surface area contributed by atoms with Gasteiger partial charge in [0, 0.05) is 0 Å². The molecule has 0 fully saturated rings. The van der Waals surface area contributed by atoms with E-state index >= 15 is 0 Å². The Kier molecular flexibility index (Phi) is 2.17. The molecule has 0 aliphatic heterocycles. The molecule has 2 rings (SSSR count). The van der Waals surface area contributed by atoms with Gasteiger partial charge in [0.25, 0.3) is 0 Å². The summed E-state index contributed by atoms with van der Waals surface area (Å²) in [5.74, 6) is 5.52. The Morgan fingerprint density at radius 2 is 2.15 bits per heavy atom. The average Bonchev–Trinajstić information content (AvgIpc) is 2.55. The van der Waals surface area contributed by atoms with Gasteiger partial charge in [0.1, 0.15) is 0 Å². The van der Waals surface area contributed by atoms with E-state index in [0.717, 1.165) is 6.42 Å². The standard InChI is InChI=1S/C11H14N2/c1-2-8-7-9-5-3-4-6-10(9)11(8)13-12/h3-7,11,13H,2,12H2,1H3. The van der Waals surface area contributed by atoms with E-state index in [2.05, 4.69) is 42.7 Å². The number of nitrogens with one attached hydrogen (secondary N) is 1. The molecule has 1 atom stereocenters. The van der Waals surface area contributed by atoms with Gasteiger partial charge in [-0.25, -0.2) is 5.43 Å². The third kappa shape index (κ3) is 1.28. The second kappa shape index (κ2) is 3.32. The minimum Gasteiger partial charge on any atom is -0.271 e. The van der Waals surface area contributed by atoms with Gasteiger partial charge in [-0.05, 0) is 23.1 Å². The highest BCUT2D eigenvalue weighted by Crippen LogP contribution is 2.34. The zero-order chi connectivity index (χ0) is 9.26. The molecule has 0 saturated heterocycles. The number of hydrogen-bond acceptors (Lipinski definition) is 2. The molecule has 2 heteroatoms. The van der Waals surface area contributed by atoms with Crippen molar-refractivity contribution in [1.29, 1.82) is 0 Å². The number of benzene rings is 1. The van der Waals surface area contributed by atoms with E-state index in [-0.39, 0.29) is 6.04 Å². The highest BCUT2D eigenvalue weighted by Gasteiger charge is 2.21. The Morgan fingerprint density at radius 3 is 2.85 bits per heavy atom. The zero-order valence-corrected chi connectivity index (χ0v) is 7.75. The Balaban J connectivity index is 2.44. The largest absolute Gasteiger partial charge is 0.271 e. The minimum atomic E-state index is 0.223. The molecule has 68 valence electrons. The van der Waals surface area contributed by atoms with E-state index in [1.165, 1.54) is 16.7 Å². The molecule has 1 aromatic rings. The third-order valence-electron chi connectivity index (χ3n) is 2.59. The molecule has 3 N–H and O–H groups in total. The second-order valence-electron chi connectivity index (χ2n) is 3.30. The lowest BCUT2D eigenvalue weighted by Gasteiger charge is -2.13. The molecule has 0 bridgehead atoms. The molecule has 0 radical (unpaired) electrons. The molecule has 0 spiro atoms. The van der Waals surface area contributed by atoms with Gasteiger partial charge in [-0.3, -0.25) is 5.84 Å². The predicted octanol–water partition coefficient (Wildman–Crippen LogP) is 2.00. The molecule has 13 heavy (non-hydrogen) atoms. The van der Waals surface area contributed by atoms with Gasteiger partial charge in [-0.2, -0.15) is 0 Å². The zero-order valence-electron chi connectivity index (χ0n) is 7.75. The Labute approximate surface area is 78.4 Å². The van der Waals surface area contributed by atoms with E-state index in [9.17, 15) is 0 Å². The highest BCUT2D eigenvalue weighted by atomic mass is 15.2. The van der Waals surface area contributed by atoms with Crippen molar-refractivity contribution in [1.82, 2.24) is 5.43 Å². The average molecular weight is 174 g/mol. The van der Waals surface area contributed by atoms with Gasteiger partial charge in [0.05, 0.1) is 6.04 Å². The van der Waals surface area contributed by atoms with Crippen LogP contribution in [0.4, 0.5) is 0 Å². The summed E-state index contributed by atoms with van der Waals surface area (Å²) in [6, 6.07) is 8.58. The van der Waals surface area contributed by atoms with Crippen molar-refractivity contribution < 1.29 is 0 Å². The monoisotopic (exact) mass is 174 g/mol. The molecule has 1 aliphatic carbocycles. The molecular weight excluding hydrogens is 160 g/mol. The molecule has 1 unspecified atom stereocenters. The van der Waals surface area contributed by atoms with Crippen LogP contribution in [0.15, 0.2) is 29.8 Å². The van der Waals surface area contributed by atoms with Crippen molar-refractivity contribution in [2.75, 3.05) is 0 Å². The van der Waals surface area contributed by atoms with Gasteiger partial charge < -0.3 is 0 Å². The van der Waals surface area contributed by atoms with Crippen molar-refractivity contribution in [2.45, 2.75) is 19.4 Å². The number of nitrogens with two attached hydrogens (primary N) is 1. The SMILES string of the molecule is CCC1=Cc2ccccc2C1NN.